The van der Waals surface area contributed by atoms with Gasteiger partial charge in [0, 0.05) is 86.2 Å². The number of hydrogen-bond acceptors (Lipinski definition) is 6. The van der Waals surface area contributed by atoms with E-state index in [1.807, 2.05) is 97.8 Å². The molecule has 0 N–H and O–H groups in total. The topological polar surface area (TPSA) is 92.1 Å². The van der Waals surface area contributed by atoms with Gasteiger partial charge in [0.2, 0.25) is 0 Å². The lowest BCUT2D eigenvalue weighted by Gasteiger charge is -2.23. The maximum atomic E-state index is 5.31. The summed E-state index contributed by atoms with van der Waals surface area (Å²) in [6.45, 7) is 0. The van der Waals surface area contributed by atoms with Crippen molar-refractivity contribution in [1.29, 1.82) is 0 Å². The van der Waals surface area contributed by atoms with Gasteiger partial charge in [-0.05, 0) is 48.5 Å². The summed E-state index contributed by atoms with van der Waals surface area (Å²) in [4.78, 5) is 29.6. The molecule has 13 rings (SSSR count). The van der Waals surface area contributed by atoms with Gasteiger partial charge in [-0.2, -0.15) is 0 Å². The quantitative estimate of drug-likeness (QED) is 0.166. The van der Waals surface area contributed by atoms with Crippen molar-refractivity contribution in [3.05, 3.63) is 201 Å². The Hall–Kier alpha value is -8.82. The van der Waals surface area contributed by atoms with Crippen molar-refractivity contribution in [3.8, 4) is 51.2 Å². The van der Waals surface area contributed by atoms with Gasteiger partial charge in [-0.25, -0.2) is 15.0 Å². The molecular weight excluding hydrogens is 775 g/mol. The van der Waals surface area contributed by atoms with Crippen molar-refractivity contribution in [3.63, 3.8) is 0 Å². The number of nitrogens with zero attached hydrogens (tertiary/aromatic N) is 9. The van der Waals surface area contributed by atoms with Gasteiger partial charge in [-0.3, -0.25) is 15.0 Å². The van der Waals surface area contributed by atoms with E-state index in [1.165, 1.54) is 0 Å². The van der Waals surface area contributed by atoms with Crippen LogP contribution >= 0.6 is 0 Å². The Bertz CT molecular complexity index is 3570. The first-order valence-corrected chi connectivity index (χ1v) is 20.8. The van der Waals surface area contributed by atoms with E-state index in [0.29, 0.717) is 17.5 Å². The van der Waals surface area contributed by atoms with E-state index in [0.717, 1.165) is 99.2 Å². The molecular formula is C54H33N9. The molecule has 0 amide bonds. The molecule has 0 aliphatic heterocycles. The van der Waals surface area contributed by atoms with Crippen molar-refractivity contribution in [1.82, 2.24) is 43.6 Å². The summed E-state index contributed by atoms with van der Waals surface area (Å²) in [5.74, 6) is 1.73. The number of hydrogen-bond donors (Lipinski definition) is 0. The molecule has 0 bridgehead atoms. The van der Waals surface area contributed by atoms with E-state index in [2.05, 4.69) is 132 Å². The number of para-hydroxylation sites is 3. The maximum Gasteiger partial charge on any atom is 0.164 e. The van der Waals surface area contributed by atoms with E-state index in [1.54, 1.807) is 0 Å². The second-order valence-electron chi connectivity index (χ2n) is 15.6. The van der Waals surface area contributed by atoms with Gasteiger partial charge >= 0.3 is 0 Å². The molecule has 6 aromatic carbocycles. The third-order valence-electron chi connectivity index (χ3n) is 12.2. The smallest absolute Gasteiger partial charge is 0.164 e. The average molecular weight is 808 g/mol. The highest BCUT2D eigenvalue weighted by Gasteiger charge is 2.27. The Morgan fingerprint density at radius 1 is 0.286 bits per heavy atom. The van der Waals surface area contributed by atoms with E-state index in [9.17, 15) is 0 Å². The summed E-state index contributed by atoms with van der Waals surface area (Å²) in [5.41, 5.74) is 11.7. The van der Waals surface area contributed by atoms with Crippen LogP contribution in [0.1, 0.15) is 0 Å². The second kappa shape index (κ2) is 13.9. The largest absolute Gasteiger partial charge is 0.307 e. The van der Waals surface area contributed by atoms with Gasteiger partial charge in [0.1, 0.15) is 0 Å². The van der Waals surface area contributed by atoms with Gasteiger partial charge in [0.25, 0.3) is 0 Å². The Kier molecular flexibility index (Phi) is 7.70. The normalized spacial score (nSPS) is 11.8. The average Bonchev–Trinajstić information content (AvgIpc) is 4.00. The Morgan fingerprint density at radius 2 is 0.619 bits per heavy atom. The number of rotatable bonds is 6. The second-order valence-corrected chi connectivity index (χ2v) is 15.6. The van der Waals surface area contributed by atoms with Crippen LogP contribution in [0, 0.1) is 0 Å². The fourth-order valence-corrected chi connectivity index (χ4v) is 9.45. The zero-order valence-corrected chi connectivity index (χ0v) is 33.6. The van der Waals surface area contributed by atoms with E-state index >= 15 is 0 Å². The molecule has 0 radical (unpaired) electrons. The molecule has 9 nitrogen and oxygen atoms in total. The molecule has 7 aromatic heterocycles. The Balaban J connectivity index is 1.26. The minimum absolute atomic E-state index is 0.549. The van der Waals surface area contributed by atoms with Gasteiger partial charge in [0.15, 0.2) is 17.5 Å². The highest BCUT2D eigenvalue weighted by molar-refractivity contribution is 6.13. The summed E-state index contributed by atoms with van der Waals surface area (Å²) < 4.78 is 7.16. The molecule has 13 aromatic rings. The third kappa shape index (κ3) is 5.36. The fraction of sp³-hybridized carbons (Fsp3) is 0. The van der Waals surface area contributed by atoms with Crippen molar-refractivity contribution >= 4 is 65.4 Å². The lowest BCUT2D eigenvalue weighted by molar-refractivity contribution is 1.04. The van der Waals surface area contributed by atoms with Crippen molar-refractivity contribution < 1.29 is 0 Å². The lowest BCUT2D eigenvalue weighted by Crippen LogP contribution is -2.10. The van der Waals surface area contributed by atoms with Gasteiger partial charge in [-0.1, -0.05) is 115 Å². The summed E-state index contributed by atoms with van der Waals surface area (Å²) in [7, 11) is 0. The first-order valence-electron chi connectivity index (χ1n) is 20.8. The van der Waals surface area contributed by atoms with Crippen LogP contribution < -0.4 is 0 Å². The molecule has 294 valence electrons. The van der Waals surface area contributed by atoms with Crippen LogP contribution in [0.5, 0.6) is 0 Å². The molecule has 63 heavy (non-hydrogen) atoms. The maximum absolute atomic E-state index is 5.31. The number of fused-ring (bicyclic) bond motifs is 9. The number of benzene rings is 6. The summed E-state index contributed by atoms with van der Waals surface area (Å²) in [5, 5.41) is 6.48. The third-order valence-corrected chi connectivity index (χ3v) is 12.2. The van der Waals surface area contributed by atoms with Crippen LogP contribution in [0.15, 0.2) is 201 Å². The molecule has 0 aliphatic carbocycles. The standard InChI is InChI=1S/C54H33N9/c1-3-13-34(14-4-1)52-58-53(35-15-5-2-6-16-35)60-54(59-52)36-29-49(61-43-20-10-7-17-37(43)40-31-55-26-23-46(40)61)51(63-45-22-12-9-19-39(45)42-33-57-28-25-48(42)63)50(30-36)62-44-21-11-8-18-38(44)41-32-56-27-24-47(41)62/h1-33H. The van der Waals surface area contributed by atoms with Gasteiger partial charge < -0.3 is 13.7 Å². The predicted octanol–water partition coefficient (Wildman–Crippen LogP) is 12.3. The Morgan fingerprint density at radius 3 is 1.05 bits per heavy atom. The van der Waals surface area contributed by atoms with Crippen LogP contribution in [0.2, 0.25) is 0 Å². The van der Waals surface area contributed by atoms with Crippen LogP contribution in [-0.2, 0) is 0 Å². The molecule has 0 fully saturated rings. The van der Waals surface area contributed by atoms with Crippen LogP contribution in [-0.4, -0.2) is 43.6 Å². The molecule has 0 saturated carbocycles. The molecule has 9 heteroatoms. The molecule has 0 saturated heterocycles. The number of aromatic nitrogens is 9. The van der Waals surface area contributed by atoms with Gasteiger partial charge in [0.05, 0.1) is 50.2 Å². The van der Waals surface area contributed by atoms with Crippen LogP contribution in [0.3, 0.4) is 0 Å². The monoisotopic (exact) mass is 807 g/mol. The highest BCUT2D eigenvalue weighted by atomic mass is 15.1. The molecule has 7 heterocycles. The van der Waals surface area contributed by atoms with Crippen molar-refractivity contribution in [2.24, 2.45) is 0 Å². The zero-order valence-electron chi connectivity index (χ0n) is 33.6. The molecule has 0 spiro atoms. The number of pyridine rings is 3. The van der Waals surface area contributed by atoms with Gasteiger partial charge in [-0.15, -0.1) is 0 Å². The first-order chi connectivity index (χ1) is 31.3. The van der Waals surface area contributed by atoms with E-state index in [-0.39, 0.29) is 0 Å². The molecule has 0 aliphatic rings. The predicted molar refractivity (Wildman–Crippen MR) is 253 cm³/mol. The molecule has 0 unspecified atom stereocenters. The minimum Gasteiger partial charge on any atom is -0.307 e. The molecule has 0 atom stereocenters. The lowest BCUT2D eigenvalue weighted by atomic mass is 10.1. The van der Waals surface area contributed by atoms with Crippen molar-refractivity contribution in [2.75, 3.05) is 0 Å². The summed E-state index contributed by atoms with van der Waals surface area (Å²) >= 11 is 0. The SMILES string of the molecule is c1ccc(-c2nc(-c3ccccc3)nc(-c3cc(-n4c5ccccc5c5cnccc54)c(-n4c5ccccc5c5cnccc54)c(-n4c5ccccc5c5cnccc54)c3)n2)cc1. The fourth-order valence-electron chi connectivity index (χ4n) is 9.45. The van der Waals surface area contributed by atoms with E-state index in [4.69, 9.17) is 15.0 Å². The van der Waals surface area contributed by atoms with Crippen LogP contribution in [0.25, 0.3) is 117 Å². The zero-order chi connectivity index (χ0) is 41.4. The highest BCUT2D eigenvalue weighted by Crippen LogP contribution is 2.44. The first kappa shape index (κ1) is 35.0. The van der Waals surface area contributed by atoms with E-state index < -0.39 is 0 Å². The summed E-state index contributed by atoms with van der Waals surface area (Å²) in [6.07, 6.45) is 11.5. The minimum atomic E-state index is 0.549. The van der Waals surface area contributed by atoms with Crippen LogP contribution in [0.4, 0.5) is 0 Å². The van der Waals surface area contributed by atoms with Crippen molar-refractivity contribution in [2.45, 2.75) is 0 Å². The summed E-state index contributed by atoms with van der Waals surface area (Å²) in [6, 6.07) is 56.8. The Labute approximate surface area is 359 Å².